The summed E-state index contributed by atoms with van der Waals surface area (Å²) in [4.78, 5) is 0. The van der Waals surface area contributed by atoms with Crippen molar-refractivity contribution in [3.8, 4) is 6.07 Å². The third-order valence-corrected chi connectivity index (χ3v) is 6.72. The highest BCUT2D eigenvalue weighted by Crippen LogP contribution is 2.39. The van der Waals surface area contributed by atoms with Gasteiger partial charge in [0.1, 0.15) is 0 Å². The van der Waals surface area contributed by atoms with Crippen LogP contribution in [0, 0.1) is 29.1 Å². The number of allylic oxidation sites excluding steroid dienone is 1. The van der Waals surface area contributed by atoms with Crippen LogP contribution in [0.15, 0.2) is 35.9 Å². The van der Waals surface area contributed by atoms with Gasteiger partial charge in [-0.2, -0.15) is 5.26 Å². The highest BCUT2D eigenvalue weighted by molar-refractivity contribution is 6.25. The minimum Gasteiger partial charge on any atom is -0.192 e. The monoisotopic (exact) mass is 355 g/mol. The lowest BCUT2D eigenvalue weighted by atomic mass is 9.74. The molecule has 2 aliphatic carbocycles. The molecule has 2 heteroatoms. The van der Waals surface area contributed by atoms with Crippen LogP contribution in [0.4, 0.5) is 0 Å². The van der Waals surface area contributed by atoms with Crippen LogP contribution >= 0.6 is 11.6 Å². The largest absolute Gasteiger partial charge is 0.192 e. The van der Waals surface area contributed by atoms with Crippen molar-refractivity contribution in [2.24, 2.45) is 17.8 Å². The van der Waals surface area contributed by atoms with Crippen LogP contribution in [0.3, 0.4) is 0 Å². The van der Waals surface area contributed by atoms with Crippen molar-refractivity contribution in [1.82, 2.24) is 0 Å². The zero-order chi connectivity index (χ0) is 17.5. The first-order chi connectivity index (χ1) is 12.3. The molecule has 0 aliphatic heterocycles. The maximum atomic E-state index is 8.92. The lowest BCUT2D eigenvalue weighted by Gasteiger charge is -2.31. The van der Waals surface area contributed by atoms with Crippen LogP contribution < -0.4 is 0 Å². The summed E-state index contributed by atoms with van der Waals surface area (Å²) in [5.74, 6) is 3.34. The zero-order valence-corrected chi connectivity index (χ0v) is 15.9. The standard InChI is InChI=1S/C23H30ClN/c24-16-15-20-5-3-18(4-6-20)1-2-19-7-11-22(12-8-19)23-13-9-21(17-25)10-14-23/h9-10,13-16,18-20,22H,1-8,11-12H2/b16-15+. The highest BCUT2D eigenvalue weighted by atomic mass is 35.5. The first kappa shape index (κ1) is 18.5. The third-order valence-electron chi connectivity index (χ3n) is 6.58. The molecule has 0 aromatic heterocycles. The number of nitriles is 1. The summed E-state index contributed by atoms with van der Waals surface area (Å²) in [6.45, 7) is 0. The predicted octanol–water partition coefficient (Wildman–Crippen LogP) is 7.17. The molecule has 1 nitrogen and oxygen atoms in total. The smallest absolute Gasteiger partial charge is 0.0991 e. The summed E-state index contributed by atoms with van der Waals surface area (Å²) in [6.07, 6.45) is 15.9. The number of hydrogen-bond donors (Lipinski definition) is 0. The minimum atomic E-state index is 0.710. The van der Waals surface area contributed by atoms with Gasteiger partial charge in [-0.15, -0.1) is 0 Å². The second-order valence-corrected chi connectivity index (χ2v) is 8.38. The molecular formula is C23H30ClN. The molecule has 3 rings (SSSR count). The normalized spacial score (nSPS) is 30.2. The second kappa shape index (κ2) is 9.44. The lowest BCUT2D eigenvalue weighted by Crippen LogP contribution is -2.17. The van der Waals surface area contributed by atoms with Gasteiger partial charge in [0, 0.05) is 5.54 Å². The van der Waals surface area contributed by atoms with Gasteiger partial charge in [0.2, 0.25) is 0 Å². The molecule has 2 aliphatic rings. The molecule has 0 bridgehead atoms. The van der Waals surface area contributed by atoms with Gasteiger partial charge >= 0.3 is 0 Å². The molecule has 0 N–H and O–H groups in total. The van der Waals surface area contributed by atoms with Crippen LogP contribution in [-0.2, 0) is 0 Å². The molecule has 134 valence electrons. The van der Waals surface area contributed by atoms with Crippen LogP contribution in [0.5, 0.6) is 0 Å². The molecule has 0 radical (unpaired) electrons. The van der Waals surface area contributed by atoms with E-state index in [1.165, 1.54) is 69.8 Å². The molecule has 0 spiro atoms. The van der Waals surface area contributed by atoms with Gasteiger partial charge in [0.05, 0.1) is 11.6 Å². The van der Waals surface area contributed by atoms with Crippen molar-refractivity contribution >= 4 is 11.6 Å². The van der Waals surface area contributed by atoms with Gasteiger partial charge in [-0.25, -0.2) is 0 Å². The summed E-state index contributed by atoms with van der Waals surface area (Å²) in [6, 6.07) is 10.5. The van der Waals surface area contributed by atoms with Gasteiger partial charge in [-0.3, -0.25) is 0 Å². The summed E-state index contributed by atoms with van der Waals surface area (Å²) < 4.78 is 0. The van der Waals surface area contributed by atoms with E-state index in [1.807, 2.05) is 12.1 Å². The Kier molecular flexibility index (Phi) is 7.00. The Morgan fingerprint density at radius 2 is 1.44 bits per heavy atom. The van der Waals surface area contributed by atoms with E-state index in [0.29, 0.717) is 5.92 Å². The Bertz CT molecular complexity index is 582. The molecule has 1 aromatic rings. The number of benzene rings is 1. The SMILES string of the molecule is N#Cc1ccc(C2CCC(CCC3CCC(/C=C/Cl)CC3)CC2)cc1. The molecule has 25 heavy (non-hydrogen) atoms. The van der Waals surface area contributed by atoms with Crippen molar-refractivity contribution in [2.45, 2.75) is 70.1 Å². The minimum absolute atomic E-state index is 0.710. The van der Waals surface area contributed by atoms with E-state index in [-0.39, 0.29) is 0 Å². The molecule has 0 atom stereocenters. The Morgan fingerprint density at radius 1 is 0.880 bits per heavy atom. The summed E-state index contributed by atoms with van der Waals surface area (Å²) in [7, 11) is 0. The van der Waals surface area contributed by atoms with Crippen LogP contribution in [-0.4, -0.2) is 0 Å². The average molecular weight is 356 g/mol. The molecule has 2 fully saturated rings. The summed E-state index contributed by atoms with van der Waals surface area (Å²) in [5, 5.41) is 8.92. The topological polar surface area (TPSA) is 23.8 Å². The van der Waals surface area contributed by atoms with Crippen molar-refractivity contribution in [2.75, 3.05) is 0 Å². The molecular weight excluding hydrogens is 326 g/mol. The summed E-state index contributed by atoms with van der Waals surface area (Å²) >= 11 is 5.71. The second-order valence-electron chi connectivity index (χ2n) is 8.13. The van der Waals surface area contributed by atoms with E-state index in [2.05, 4.69) is 24.3 Å². The maximum Gasteiger partial charge on any atom is 0.0991 e. The summed E-state index contributed by atoms with van der Waals surface area (Å²) in [5.41, 5.74) is 3.91. The van der Waals surface area contributed by atoms with Crippen molar-refractivity contribution < 1.29 is 0 Å². The highest BCUT2D eigenvalue weighted by Gasteiger charge is 2.24. The van der Waals surface area contributed by atoms with Crippen LogP contribution in [0.25, 0.3) is 0 Å². The number of rotatable bonds is 5. The first-order valence-electron chi connectivity index (χ1n) is 10.1. The van der Waals surface area contributed by atoms with E-state index in [1.54, 1.807) is 5.54 Å². The first-order valence-corrected chi connectivity index (χ1v) is 10.5. The van der Waals surface area contributed by atoms with Crippen molar-refractivity contribution in [3.05, 3.63) is 47.0 Å². The molecule has 2 saturated carbocycles. The lowest BCUT2D eigenvalue weighted by molar-refractivity contribution is 0.246. The zero-order valence-electron chi connectivity index (χ0n) is 15.2. The third kappa shape index (κ3) is 5.35. The van der Waals surface area contributed by atoms with Gasteiger partial charge in [0.15, 0.2) is 0 Å². The molecule has 0 unspecified atom stereocenters. The molecule has 1 aromatic carbocycles. The van der Waals surface area contributed by atoms with E-state index < -0.39 is 0 Å². The predicted molar refractivity (Wildman–Crippen MR) is 106 cm³/mol. The van der Waals surface area contributed by atoms with E-state index in [9.17, 15) is 0 Å². The molecule has 0 amide bonds. The quantitative estimate of drug-likeness (QED) is 0.549. The van der Waals surface area contributed by atoms with Gasteiger partial charge in [-0.1, -0.05) is 42.7 Å². The van der Waals surface area contributed by atoms with E-state index >= 15 is 0 Å². The van der Waals surface area contributed by atoms with Crippen LogP contribution in [0.2, 0.25) is 0 Å². The van der Waals surface area contributed by atoms with Crippen LogP contribution in [0.1, 0.15) is 81.3 Å². The Labute approximate surface area is 158 Å². The number of nitrogens with zero attached hydrogens (tertiary/aromatic N) is 1. The number of hydrogen-bond acceptors (Lipinski definition) is 1. The Morgan fingerprint density at radius 3 is 1.96 bits per heavy atom. The van der Waals surface area contributed by atoms with E-state index in [0.717, 1.165) is 23.3 Å². The fraction of sp³-hybridized carbons (Fsp3) is 0.609. The maximum absolute atomic E-state index is 8.92. The van der Waals surface area contributed by atoms with Gasteiger partial charge in [-0.05, 0) is 92.7 Å². The Hall–Kier alpha value is -1.26. The molecule has 0 saturated heterocycles. The molecule has 0 heterocycles. The van der Waals surface area contributed by atoms with Crippen molar-refractivity contribution in [3.63, 3.8) is 0 Å². The Balaban J connectivity index is 1.37. The fourth-order valence-electron chi connectivity index (χ4n) is 4.86. The van der Waals surface area contributed by atoms with Gasteiger partial charge in [0.25, 0.3) is 0 Å². The van der Waals surface area contributed by atoms with Gasteiger partial charge < -0.3 is 0 Å². The van der Waals surface area contributed by atoms with E-state index in [4.69, 9.17) is 16.9 Å². The van der Waals surface area contributed by atoms with Crippen molar-refractivity contribution in [1.29, 1.82) is 5.26 Å². The number of halogens is 1. The average Bonchev–Trinajstić information content (AvgIpc) is 2.68. The fourth-order valence-corrected chi connectivity index (χ4v) is 5.06.